The van der Waals surface area contributed by atoms with Gasteiger partial charge in [-0.2, -0.15) is 0 Å². The number of oxime groups is 1. The number of carbonyl (C=O) groups excluding carboxylic acids is 3. The molecule has 174 valence electrons. The third-order valence-electron chi connectivity index (χ3n) is 5.38. The van der Waals surface area contributed by atoms with Crippen LogP contribution in [0.2, 0.25) is 0 Å². The Morgan fingerprint density at radius 2 is 1.70 bits per heavy atom. The van der Waals surface area contributed by atoms with E-state index in [0.717, 1.165) is 12.8 Å². The smallest absolute Gasteiger partial charge is 0.365 e. The van der Waals surface area contributed by atoms with Crippen molar-refractivity contribution in [1.82, 2.24) is 4.90 Å². The highest BCUT2D eigenvalue weighted by molar-refractivity contribution is 6.54. The molecule has 2 aromatic rings. The molecule has 3 rings (SSSR count). The van der Waals surface area contributed by atoms with Crippen molar-refractivity contribution in [2.45, 2.75) is 33.6 Å². The van der Waals surface area contributed by atoms with Crippen LogP contribution in [0.25, 0.3) is 0 Å². The number of para-hydroxylation sites is 1. The summed E-state index contributed by atoms with van der Waals surface area (Å²) in [5, 5.41) is 3.87. The monoisotopic (exact) mass is 451 g/mol. The van der Waals surface area contributed by atoms with Crippen molar-refractivity contribution in [1.29, 1.82) is 0 Å². The fraction of sp³-hybridized carbons (Fsp3) is 0.360. The van der Waals surface area contributed by atoms with Gasteiger partial charge in [0.15, 0.2) is 5.71 Å². The van der Waals surface area contributed by atoms with Crippen LogP contribution >= 0.6 is 0 Å². The number of unbranched alkanes of at least 4 members (excludes halogenated alkanes) is 1. The fourth-order valence-corrected chi connectivity index (χ4v) is 3.48. The van der Waals surface area contributed by atoms with Gasteiger partial charge in [0.05, 0.1) is 17.9 Å². The lowest BCUT2D eigenvalue weighted by molar-refractivity contribution is -0.130. The van der Waals surface area contributed by atoms with Crippen LogP contribution in [-0.4, -0.2) is 54.6 Å². The van der Waals surface area contributed by atoms with Crippen molar-refractivity contribution in [2.24, 2.45) is 5.16 Å². The summed E-state index contributed by atoms with van der Waals surface area (Å²) in [5.41, 5.74) is 1.36. The Morgan fingerprint density at radius 3 is 2.36 bits per heavy atom. The first kappa shape index (κ1) is 24.0. The van der Waals surface area contributed by atoms with Crippen LogP contribution in [0, 0.1) is 0 Å². The van der Waals surface area contributed by atoms with Crippen molar-refractivity contribution in [3.05, 3.63) is 59.7 Å². The molecule has 0 bridgehead atoms. The lowest BCUT2D eigenvalue weighted by Gasteiger charge is -2.23. The van der Waals surface area contributed by atoms with E-state index < -0.39 is 11.9 Å². The first-order chi connectivity index (χ1) is 16.0. The third kappa shape index (κ3) is 5.58. The molecular formula is C25H29N3O5. The summed E-state index contributed by atoms with van der Waals surface area (Å²) in [6.07, 6.45) is 1.99. The van der Waals surface area contributed by atoms with Crippen LogP contribution in [0.4, 0.5) is 5.69 Å². The van der Waals surface area contributed by atoms with Crippen LogP contribution in [0.15, 0.2) is 53.7 Å². The second-order valence-corrected chi connectivity index (χ2v) is 7.52. The number of anilines is 1. The molecule has 1 aliphatic heterocycles. The fourth-order valence-electron chi connectivity index (χ4n) is 3.48. The Labute approximate surface area is 193 Å². The molecule has 0 N–H and O–H groups in total. The van der Waals surface area contributed by atoms with Gasteiger partial charge in [-0.25, -0.2) is 4.79 Å². The summed E-state index contributed by atoms with van der Waals surface area (Å²) in [6, 6.07) is 13.5. The number of amides is 2. The first-order valence-electron chi connectivity index (χ1n) is 11.2. The number of nitrogens with zero attached hydrogens (tertiary/aromatic N) is 3. The average Bonchev–Trinajstić information content (AvgIpc) is 3.09. The van der Waals surface area contributed by atoms with Crippen LogP contribution in [-0.2, 0) is 14.4 Å². The minimum atomic E-state index is -0.689. The van der Waals surface area contributed by atoms with Gasteiger partial charge in [-0.1, -0.05) is 36.7 Å². The number of benzene rings is 2. The molecule has 0 saturated heterocycles. The van der Waals surface area contributed by atoms with E-state index in [0.29, 0.717) is 36.7 Å². The number of carbonyl (C=O) groups is 3. The summed E-state index contributed by atoms with van der Waals surface area (Å²) < 4.78 is 5.59. The number of rotatable bonds is 10. The van der Waals surface area contributed by atoms with E-state index in [1.165, 1.54) is 4.90 Å². The molecule has 0 fully saturated rings. The van der Waals surface area contributed by atoms with Gasteiger partial charge in [0.2, 0.25) is 5.91 Å². The molecule has 1 heterocycles. The average molecular weight is 452 g/mol. The molecule has 8 heteroatoms. The van der Waals surface area contributed by atoms with Gasteiger partial charge in [0, 0.05) is 18.7 Å². The molecule has 1 aliphatic rings. The zero-order valence-electron chi connectivity index (χ0n) is 19.2. The van der Waals surface area contributed by atoms with E-state index in [9.17, 15) is 14.4 Å². The van der Waals surface area contributed by atoms with Gasteiger partial charge < -0.3 is 14.5 Å². The minimum Gasteiger partial charge on any atom is -0.494 e. The van der Waals surface area contributed by atoms with Crippen molar-refractivity contribution >= 4 is 29.2 Å². The predicted molar refractivity (Wildman–Crippen MR) is 126 cm³/mol. The topological polar surface area (TPSA) is 88.5 Å². The van der Waals surface area contributed by atoms with Crippen LogP contribution < -0.4 is 9.64 Å². The number of likely N-dealkylation sites (N-methyl/N-ethyl adjacent to an activating group) is 1. The molecule has 8 nitrogen and oxygen atoms in total. The van der Waals surface area contributed by atoms with Crippen LogP contribution in [0.1, 0.15) is 49.5 Å². The Hall–Kier alpha value is -3.68. The number of fused-ring (bicyclic) bond motifs is 1. The highest BCUT2D eigenvalue weighted by atomic mass is 16.7. The maximum absolute atomic E-state index is 13.0. The molecule has 0 radical (unpaired) electrons. The van der Waals surface area contributed by atoms with Gasteiger partial charge in [0.25, 0.3) is 5.91 Å². The third-order valence-corrected chi connectivity index (χ3v) is 5.38. The first-order valence-corrected chi connectivity index (χ1v) is 11.2. The summed E-state index contributed by atoms with van der Waals surface area (Å²) >= 11 is 0. The van der Waals surface area contributed by atoms with E-state index in [4.69, 9.17) is 9.57 Å². The zero-order valence-corrected chi connectivity index (χ0v) is 19.2. The maximum Gasteiger partial charge on any atom is 0.365 e. The Kier molecular flexibility index (Phi) is 8.18. The Balaban J connectivity index is 1.73. The van der Waals surface area contributed by atoms with Crippen LogP contribution in [0.5, 0.6) is 5.75 Å². The van der Waals surface area contributed by atoms with Gasteiger partial charge in [0.1, 0.15) is 12.3 Å². The van der Waals surface area contributed by atoms with Crippen LogP contribution in [0.3, 0.4) is 0 Å². The van der Waals surface area contributed by atoms with E-state index in [1.807, 2.05) is 13.8 Å². The Morgan fingerprint density at radius 1 is 1.00 bits per heavy atom. The Bertz CT molecular complexity index is 1030. The predicted octanol–water partition coefficient (Wildman–Crippen LogP) is 3.64. The molecule has 0 unspecified atom stereocenters. The highest BCUT2D eigenvalue weighted by Gasteiger charge is 2.36. The molecule has 2 aromatic carbocycles. The van der Waals surface area contributed by atoms with E-state index in [2.05, 4.69) is 12.1 Å². The van der Waals surface area contributed by atoms with Crippen molar-refractivity contribution < 1.29 is 24.0 Å². The van der Waals surface area contributed by atoms with Gasteiger partial charge in [-0.05, 0) is 50.6 Å². The number of hydrogen-bond acceptors (Lipinski definition) is 6. The van der Waals surface area contributed by atoms with E-state index >= 15 is 0 Å². The van der Waals surface area contributed by atoms with E-state index in [-0.39, 0.29) is 23.7 Å². The zero-order chi connectivity index (χ0) is 23.8. The molecule has 0 aromatic heterocycles. The standard InChI is InChI=1S/C25H29N3O5/c1-4-7-16-32-19-14-12-18(13-15-19)25(31)33-26-23-20-10-8-9-11-21(20)28(24(23)30)17-22(29)27(5-2)6-3/h8-15H,4-7,16-17H2,1-3H3/b26-23+. The molecule has 0 atom stereocenters. The van der Waals surface area contributed by atoms with Crippen molar-refractivity contribution in [3.8, 4) is 5.75 Å². The van der Waals surface area contributed by atoms with E-state index in [1.54, 1.807) is 53.4 Å². The number of ether oxygens (including phenoxy) is 1. The molecular weight excluding hydrogens is 422 g/mol. The van der Waals surface area contributed by atoms with Gasteiger partial charge >= 0.3 is 5.97 Å². The van der Waals surface area contributed by atoms with Crippen molar-refractivity contribution in [3.63, 3.8) is 0 Å². The van der Waals surface area contributed by atoms with Gasteiger partial charge in [-0.3, -0.25) is 14.5 Å². The maximum atomic E-state index is 13.0. The lowest BCUT2D eigenvalue weighted by atomic mass is 10.1. The molecule has 0 spiro atoms. The second-order valence-electron chi connectivity index (χ2n) is 7.52. The SMILES string of the molecule is CCCCOc1ccc(C(=O)O/N=C2/C(=O)N(CC(=O)N(CC)CC)c3ccccc32)cc1. The lowest BCUT2D eigenvalue weighted by Crippen LogP contribution is -2.42. The molecule has 0 aliphatic carbocycles. The molecule has 2 amide bonds. The largest absolute Gasteiger partial charge is 0.494 e. The summed E-state index contributed by atoms with van der Waals surface area (Å²) in [5.74, 6) is -0.669. The molecule has 0 saturated carbocycles. The highest BCUT2D eigenvalue weighted by Crippen LogP contribution is 2.29. The van der Waals surface area contributed by atoms with Gasteiger partial charge in [-0.15, -0.1) is 0 Å². The second kappa shape index (κ2) is 11.3. The quantitative estimate of drug-likeness (QED) is 0.313. The minimum absolute atomic E-state index is 0.00850. The normalized spacial score (nSPS) is 13.7. The summed E-state index contributed by atoms with van der Waals surface area (Å²) in [7, 11) is 0. The number of hydrogen-bond donors (Lipinski definition) is 0. The summed E-state index contributed by atoms with van der Waals surface area (Å²) in [4.78, 5) is 46.2. The summed E-state index contributed by atoms with van der Waals surface area (Å²) in [6.45, 7) is 7.47. The molecule has 33 heavy (non-hydrogen) atoms. The van der Waals surface area contributed by atoms with Crippen molar-refractivity contribution in [2.75, 3.05) is 31.1 Å².